The highest BCUT2D eigenvalue weighted by Crippen LogP contribution is 2.22. The number of carbonyl (C=O) groups excluding carboxylic acids is 1. The first-order valence-corrected chi connectivity index (χ1v) is 9.40. The predicted octanol–water partition coefficient (Wildman–Crippen LogP) is 3.78. The van der Waals surface area contributed by atoms with E-state index < -0.39 is 13.1 Å². The smallest absolute Gasteiger partial charge is 0.463 e. The second kappa shape index (κ2) is 9.30. The van der Waals surface area contributed by atoms with Crippen LogP contribution in [-0.4, -0.2) is 32.9 Å². The van der Waals surface area contributed by atoms with Crippen LogP contribution in [0.5, 0.6) is 0 Å². The van der Waals surface area contributed by atoms with E-state index in [9.17, 15) is 4.79 Å². The number of anilines is 1. The van der Waals surface area contributed by atoms with E-state index in [1.54, 1.807) is 13.2 Å². The molecule has 0 saturated carbocycles. The number of esters is 1. The van der Waals surface area contributed by atoms with Gasteiger partial charge in [0.05, 0.1) is 12.7 Å². The maximum absolute atomic E-state index is 11.6. The minimum Gasteiger partial charge on any atom is -0.463 e. The van der Waals surface area contributed by atoms with Gasteiger partial charge in [0, 0.05) is 24.9 Å². The molecule has 0 atom stereocenters. The normalized spacial score (nSPS) is 11.6. The van der Waals surface area contributed by atoms with Gasteiger partial charge in [-0.15, -0.1) is 0 Å². The van der Waals surface area contributed by atoms with Gasteiger partial charge in [-0.25, -0.2) is 4.79 Å². The summed E-state index contributed by atoms with van der Waals surface area (Å²) in [6, 6.07) is 9.61. The Morgan fingerprint density at radius 3 is 2.39 bits per heavy atom. The molecular formula is C21H30BNO5. The minimum absolute atomic E-state index is 0.208. The molecule has 28 heavy (non-hydrogen) atoms. The van der Waals surface area contributed by atoms with Gasteiger partial charge in [0.25, 0.3) is 0 Å². The lowest BCUT2D eigenvalue weighted by Gasteiger charge is -2.32. The molecule has 0 radical (unpaired) electrons. The van der Waals surface area contributed by atoms with Gasteiger partial charge in [-0.2, -0.15) is 0 Å². The van der Waals surface area contributed by atoms with Crippen molar-refractivity contribution in [3.63, 3.8) is 0 Å². The number of hydrogen-bond acceptors (Lipinski definition) is 6. The van der Waals surface area contributed by atoms with Crippen LogP contribution < -0.4 is 10.8 Å². The van der Waals surface area contributed by atoms with Crippen LogP contribution in [-0.2, 0) is 20.6 Å². The average molecular weight is 387 g/mol. The lowest BCUT2D eigenvalue weighted by atomic mass is 9.76. The van der Waals surface area contributed by atoms with E-state index in [0.717, 1.165) is 16.7 Å². The maximum atomic E-state index is 11.6. The molecule has 2 rings (SSSR count). The number of aryl methyl sites for hydroxylation is 1. The third kappa shape index (κ3) is 5.39. The summed E-state index contributed by atoms with van der Waals surface area (Å²) in [6.45, 7) is 10.7. The highest BCUT2D eigenvalue weighted by atomic mass is 16.6. The number of hydrogen-bond donors (Lipinski definition) is 1. The van der Waals surface area contributed by atoms with Gasteiger partial charge in [0.15, 0.2) is 0 Å². The van der Waals surface area contributed by atoms with Gasteiger partial charge in [0.2, 0.25) is 5.76 Å². The summed E-state index contributed by atoms with van der Waals surface area (Å²) in [6.07, 6.45) is 0. The summed E-state index contributed by atoms with van der Waals surface area (Å²) < 4.78 is 21.8. The quantitative estimate of drug-likeness (QED) is 0.522. The van der Waals surface area contributed by atoms with Crippen LogP contribution >= 0.6 is 0 Å². The Morgan fingerprint density at radius 2 is 1.86 bits per heavy atom. The fraction of sp³-hybridized carbons (Fsp3) is 0.476. The van der Waals surface area contributed by atoms with Crippen molar-refractivity contribution in [2.45, 2.75) is 46.8 Å². The number of nitrogens with one attached hydrogen (secondary N) is 1. The number of ether oxygens (including phenoxy) is 1. The van der Waals surface area contributed by atoms with Crippen molar-refractivity contribution in [2.24, 2.45) is 5.92 Å². The Balaban J connectivity index is 2.02. The predicted molar refractivity (Wildman–Crippen MR) is 111 cm³/mol. The monoisotopic (exact) mass is 387 g/mol. The third-order valence-corrected chi connectivity index (χ3v) is 5.09. The van der Waals surface area contributed by atoms with Crippen molar-refractivity contribution in [3.05, 3.63) is 47.4 Å². The van der Waals surface area contributed by atoms with Crippen LogP contribution in [0.15, 0.2) is 34.7 Å². The van der Waals surface area contributed by atoms with E-state index >= 15 is 0 Å². The molecule has 0 bridgehead atoms. The fourth-order valence-corrected chi connectivity index (χ4v) is 2.52. The van der Waals surface area contributed by atoms with Crippen LogP contribution in [0.3, 0.4) is 0 Å². The topological polar surface area (TPSA) is 69.9 Å². The SMILES string of the molecule is COB(OC(C)(C)C(C)C)c1ccc(NCc2cc(C(=O)OC)oc2C)cc1. The van der Waals surface area contributed by atoms with Crippen LogP contribution in [0.25, 0.3) is 0 Å². The molecule has 2 aromatic rings. The molecule has 0 fully saturated rings. The van der Waals surface area contributed by atoms with E-state index in [1.807, 2.05) is 31.2 Å². The zero-order chi connectivity index (χ0) is 20.9. The number of methoxy groups -OCH3 is 1. The van der Waals surface area contributed by atoms with Crippen LogP contribution in [0.4, 0.5) is 5.69 Å². The van der Waals surface area contributed by atoms with E-state index in [0.29, 0.717) is 18.2 Å². The van der Waals surface area contributed by atoms with Crippen molar-refractivity contribution in [1.29, 1.82) is 0 Å². The minimum atomic E-state index is -0.478. The first-order valence-electron chi connectivity index (χ1n) is 9.40. The Morgan fingerprint density at radius 1 is 1.21 bits per heavy atom. The van der Waals surface area contributed by atoms with Crippen molar-refractivity contribution in [1.82, 2.24) is 0 Å². The number of rotatable bonds is 9. The largest absolute Gasteiger partial charge is 0.494 e. The Kier molecular flexibility index (Phi) is 7.32. The lowest BCUT2D eigenvalue weighted by molar-refractivity contribution is 0.0371. The van der Waals surface area contributed by atoms with Gasteiger partial charge < -0.3 is 23.8 Å². The fourth-order valence-electron chi connectivity index (χ4n) is 2.52. The summed E-state index contributed by atoms with van der Waals surface area (Å²) in [5.74, 6) is 0.779. The summed E-state index contributed by atoms with van der Waals surface area (Å²) >= 11 is 0. The summed E-state index contributed by atoms with van der Waals surface area (Å²) in [5, 5.41) is 3.33. The summed E-state index contributed by atoms with van der Waals surface area (Å²) in [5.41, 5.74) is 2.51. The first kappa shape index (κ1) is 22.0. The van der Waals surface area contributed by atoms with Gasteiger partial charge in [0.1, 0.15) is 5.76 Å². The molecule has 0 unspecified atom stereocenters. The van der Waals surface area contributed by atoms with Crippen molar-refractivity contribution in [3.8, 4) is 0 Å². The maximum Gasteiger partial charge on any atom is 0.494 e. The first-order chi connectivity index (χ1) is 13.2. The second-order valence-corrected chi connectivity index (χ2v) is 7.60. The molecule has 1 aromatic heterocycles. The van der Waals surface area contributed by atoms with Gasteiger partial charge >= 0.3 is 13.1 Å². The highest BCUT2D eigenvalue weighted by molar-refractivity contribution is 6.61. The molecule has 0 amide bonds. The molecular weight excluding hydrogens is 357 g/mol. The van der Waals surface area contributed by atoms with Crippen molar-refractivity contribution in [2.75, 3.05) is 19.5 Å². The van der Waals surface area contributed by atoms with Crippen molar-refractivity contribution < 1.29 is 23.3 Å². The molecule has 1 heterocycles. The molecule has 7 heteroatoms. The zero-order valence-electron chi connectivity index (χ0n) is 17.8. The van der Waals surface area contributed by atoms with E-state index in [2.05, 4.69) is 37.7 Å². The molecule has 6 nitrogen and oxygen atoms in total. The summed E-state index contributed by atoms with van der Waals surface area (Å²) in [7, 11) is 2.55. The molecule has 0 spiro atoms. The number of furan rings is 1. The van der Waals surface area contributed by atoms with E-state index in [4.69, 9.17) is 13.7 Å². The van der Waals surface area contributed by atoms with Gasteiger partial charge in [-0.1, -0.05) is 26.0 Å². The van der Waals surface area contributed by atoms with E-state index in [-0.39, 0.29) is 11.4 Å². The molecule has 0 saturated heterocycles. The average Bonchev–Trinajstić information content (AvgIpc) is 3.05. The molecule has 0 aliphatic heterocycles. The lowest BCUT2D eigenvalue weighted by Crippen LogP contribution is -2.45. The Hall–Kier alpha value is -2.25. The number of benzene rings is 1. The van der Waals surface area contributed by atoms with Crippen LogP contribution in [0.1, 0.15) is 49.6 Å². The highest BCUT2D eigenvalue weighted by Gasteiger charge is 2.31. The van der Waals surface area contributed by atoms with Crippen molar-refractivity contribution >= 4 is 24.2 Å². The number of carbonyl (C=O) groups is 1. The van der Waals surface area contributed by atoms with Gasteiger partial charge in [-0.3, -0.25) is 0 Å². The van der Waals surface area contributed by atoms with Crippen LogP contribution in [0, 0.1) is 12.8 Å². The standard InChI is InChI=1S/C21H30BNO5/c1-14(2)21(4,5)28-22(26-7)17-8-10-18(11-9-17)23-13-16-12-19(20(24)25-6)27-15(16)3/h8-12,14,23H,13H2,1-7H3. The molecule has 0 aliphatic rings. The zero-order valence-corrected chi connectivity index (χ0v) is 17.8. The molecule has 0 aliphatic carbocycles. The third-order valence-electron chi connectivity index (χ3n) is 5.09. The van der Waals surface area contributed by atoms with E-state index in [1.165, 1.54) is 7.11 Å². The molecule has 1 N–H and O–H groups in total. The van der Waals surface area contributed by atoms with Crippen LogP contribution in [0.2, 0.25) is 0 Å². The molecule has 1 aromatic carbocycles. The second-order valence-electron chi connectivity index (χ2n) is 7.60. The summed E-state index contributed by atoms with van der Waals surface area (Å²) in [4.78, 5) is 11.6. The Bertz CT molecular complexity index is 783. The van der Waals surface area contributed by atoms with Gasteiger partial charge in [-0.05, 0) is 50.4 Å². The Labute approximate surface area is 167 Å². The molecule has 152 valence electrons.